The van der Waals surface area contributed by atoms with Crippen LogP contribution in [0.15, 0.2) is 12.4 Å². The highest BCUT2D eigenvalue weighted by molar-refractivity contribution is 5.80. The molecular formula is C12H16N4O. The summed E-state index contributed by atoms with van der Waals surface area (Å²) >= 11 is 0. The van der Waals surface area contributed by atoms with E-state index in [1.54, 1.807) is 6.33 Å². The molecule has 90 valence electrons. The molecule has 0 aliphatic carbocycles. The summed E-state index contributed by atoms with van der Waals surface area (Å²) in [5.74, 6) is 0.877. The van der Waals surface area contributed by atoms with Gasteiger partial charge in [0.25, 0.3) is 0 Å². The molecular weight excluding hydrogens is 216 g/mol. The number of fused-ring (bicyclic) bond motifs is 1. The molecule has 1 saturated heterocycles. The minimum absolute atomic E-state index is 0.338. The van der Waals surface area contributed by atoms with E-state index in [0.29, 0.717) is 11.7 Å². The highest BCUT2D eigenvalue weighted by Crippen LogP contribution is 2.30. The van der Waals surface area contributed by atoms with Crippen molar-refractivity contribution in [3.8, 4) is 0 Å². The van der Waals surface area contributed by atoms with Gasteiger partial charge in [0, 0.05) is 25.6 Å². The van der Waals surface area contributed by atoms with Crippen LogP contribution in [0.5, 0.6) is 0 Å². The lowest BCUT2D eigenvalue weighted by atomic mass is 9.97. The van der Waals surface area contributed by atoms with Crippen molar-refractivity contribution in [2.24, 2.45) is 7.05 Å². The summed E-state index contributed by atoms with van der Waals surface area (Å²) in [4.78, 5) is 8.83. The number of imidazole rings is 1. The fourth-order valence-corrected chi connectivity index (χ4v) is 2.47. The zero-order valence-electron chi connectivity index (χ0n) is 9.89. The lowest BCUT2D eigenvalue weighted by molar-refractivity contribution is 0.0797. The number of pyridine rings is 1. The minimum Gasteiger partial charge on any atom is -0.384 e. The molecule has 0 saturated carbocycles. The number of anilines is 1. The topological polar surface area (TPSA) is 66.0 Å². The first-order chi connectivity index (χ1) is 8.25. The number of aryl methyl sites for hydroxylation is 1. The summed E-state index contributed by atoms with van der Waals surface area (Å²) in [6.45, 7) is 1.59. The molecule has 1 fully saturated rings. The van der Waals surface area contributed by atoms with Crippen LogP contribution in [0.2, 0.25) is 0 Å². The summed E-state index contributed by atoms with van der Waals surface area (Å²) < 4.78 is 7.54. The quantitative estimate of drug-likeness (QED) is 0.808. The van der Waals surface area contributed by atoms with Crippen LogP contribution < -0.4 is 5.73 Å². The number of nitrogens with two attached hydrogens (primary N) is 1. The molecule has 5 nitrogen and oxygen atoms in total. The van der Waals surface area contributed by atoms with Crippen LogP contribution in [0.1, 0.15) is 24.5 Å². The summed E-state index contributed by atoms with van der Waals surface area (Å²) in [6, 6.07) is 1.82. The van der Waals surface area contributed by atoms with Crippen LogP contribution in [0, 0.1) is 0 Å². The van der Waals surface area contributed by atoms with Gasteiger partial charge < -0.3 is 15.0 Å². The predicted molar refractivity (Wildman–Crippen MR) is 65.7 cm³/mol. The largest absolute Gasteiger partial charge is 0.384 e. The standard InChI is InChI=1S/C12H16N4O/c1-16-7-14-9-5-10(13)15-11(12(9)16)8-3-2-4-17-6-8/h5,7-8H,2-4,6H2,1H3,(H2,13,15). The Kier molecular flexibility index (Phi) is 2.48. The molecule has 1 aliphatic heterocycles. The molecule has 5 heteroatoms. The molecule has 1 unspecified atom stereocenters. The normalized spacial score (nSPS) is 20.9. The fraction of sp³-hybridized carbons (Fsp3) is 0.500. The summed E-state index contributed by atoms with van der Waals surface area (Å²) in [5, 5.41) is 0. The zero-order chi connectivity index (χ0) is 11.8. The van der Waals surface area contributed by atoms with Crippen molar-refractivity contribution in [2.75, 3.05) is 18.9 Å². The van der Waals surface area contributed by atoms with Gasteiger partial charge in [-0.2, -0.15) is 0 Å². The van der Waals surface area contributed by atoms with Crippen molar-refractivity contribution >= 4 is 16.9 Å². The average molecular weight is 232 g/mol. The molecule has 0 bridgehead atoms. The van der Waals surface area contributed by atoms with Crippen molar-refractivity contribution < 1.29 is 4.74 Å². The number of ether oxygens (including phenoxy) is 1. The molecule has 3 heterocycles. The van der Waals surface area contributed by atoms with Crippen molar-refractivity contribution in [2.45, 2.75) is 18.8 Å². The van der Waals surface area contributed by atoms with Gasteiger partial charge in [-0.05, 0) is 12.8 Å². The number of hydrogen-bond donors (Lipinski definition) is 1. The SMILES string of the molecule is Cn1cnc2cc(N)nc(C3CCCOC3)c21. The van der Waals surface area contributed by atoms with Crippen LogP contribution in [0.3, 0.4) is 0 Å². The molecule has 17 heavy (non-hydrogen) atoms. The van der Waals surface area contributed by atoms with Crippen LogP contribution in [0.4, 0.5) is 5.82 Å². The summed E-state index contributed by atoms with van der Waals surface area (Å²) in [5.41, 5.74) is 8.86. The molecule has 2 N–H and O–H groups in total. The number of hydrogen-bond acceptors (Lipinski definition) is 4. The van der Waals surface area contributed by atoms with Gasteiger partial charge in [-0.15, -0.1) is 0 Å². The summed E-state index contributed by atoms with van der Waals surface area (Å²) in [6.07, 6.45) is 4.00. The van der Waals surface area contributed by atoms with E-state index in [1.807, 2.05) is 17.7 Å². The molecule has 0 radical (unpaired) electrons. The van der Waals surface area contributed by atoms with Crippen LogP contribution >= 0.6 is 0 Å². The van der Waals surface area contributed by atoms with E-state index in [2.05, 4.69) is 9.97 Å². The Labute approximate surface area is 99.6 Å². The maximum Gasteiger partial charge on any atom is 0.125 e. The van der Waals surface area contributed by atoms with E-state index in [4.69, 9.17) is 10.5 Å². The van der Waals surface area contributed by atoms with Gasteiger partial charge in [0.05, 0.1) is 29.7 Å². The van der Waals surface area contributed by atoms with E-state index in [-0.39, 0.29) is 0 Å². The molecule has 0 spiro atoms. The maximum absolute atomic E-state index is 5.84. The molecule has 0 aromatic carbocycles. The Morgan fingerprint density at radius 2 is 2.41 bits per heavy atom. The van der Waals surface area contributed by atoms with Crippen molar-refractivity contribution in [3.05, 3.63) is 18.1 Å². The number of nitrogen functional groups attached to an aromatic ring is 1. The molecule has 1 atom stereocenters. The third-order valence-electron chi connectivity index (χ3n) is 3.29. The zero-order valence-corrected chi connectivity index (χ0v) is 9.89. The Morgan fingerprint density at radius 1 is 1.53 bits per heavy atom. The van der Waals surface area contributed by atoms with Crippen molar-refractivity contribution in [3.63, 3.8) is 0 Å². The van der Waals surface area contributed by atoms with Gasteiger partial charge >= 0.3 is 0 Å². The first-order valence-corrected chi connectivity index (χ1v) is 5.91. The average Bonchev–Trinajstić information content (AvgIpc) is 2.71. The third kappa shape index (κ3) is 1.76. The Balaban J connectivity index is 2.15. The Hall–Kier alpha value is -1.62. The van der Waals surface area contributed by atoms with E-state index >= 15 is 0 Å². The van der Waals surface area contributed by atoms with Gasteiger partial charge in [0.1, 0.15) is 5.82 Å². The van der Waals surface area contributed by atoms with E-state index in [9.17, 15) is 0 Å². The van der Waals surface area contributed by atoms with Crippen molar-refractivity contribution in [1.29, 1.82) is 0 Å². The van der Waals surface area contributed by atoms with Gasteiger partial charge in [-0.25, -0.2) is 9.97 Å². The van der Waals surface area contributed by atoms with Gasteiger partial charge in [-0.3, -0.25) is 0 Å². The highest BCUT2D eigenvalue weighted by Gasteiger charge is 2.22. The fourth-order valence-electron chi connectivity index (χ4n) is 2.47. The van der Waals surface area contributed by atoms with Crippen LogP contribution in [-0.4, -0.2) is 27.7 Å². The van der Waals surface area contributed by atoms with E-state index in [1.165, 1.54) is 0 Å². The molecule has 3 rings (SSSR count). The predicted octanol–water partition coefficient (Wildman–Crippen LogP) is 1.44. The smallest absolute Gasteiger partial charge is 0.125 e. The second kappa shape index (κ2) is 4.00. The minimum atomic E-state index is 0.338. The summed E-state index contributed by atoms with van der Waals surface area (Å²) in [7, 11) is 1.99. The van der Waals surface area contributed by atoms with E-state index in [0.717, 1.165) is 42.8 Å². The van der Waals surface area contributed by atoms with Gasteiger partial charge in [0.15, 0.2) is 0 Å². The Morgan fingerprint density at radius 3 is 3.18 bits per heavy atom. The first-order valence-electron chi connectivity index (χ1n) is 5.91. The third-order valence-corrected chi connectivity index (χ3v) is 3.29. The monoisotopic (exact) mass is 232 g/mol. The van der Waals surface area contributed by atoms with Gasteiger partial charge in [-0.1, -0.05) is 0 Å². The second-order valence-electron chi connectivity index (χ2n) is 4.57. The van der Waals surface area contributed by atoms with Gasteiger partial charge in [0.2, 0.25) is 0 Å². The molecule has 1 aliphatic rings. The lowest BCUT2D eigenvalue weighted by Crippen LogP contribution is -2.18. The lowest BCUT2D eigenvalue weighted by Gasteiger charge is -2.22. The molecule has 0 amide bonds. The van der Waals surface area contributed by atoms with Crippen LogP contribution in [0.25, 0.3) is 11.0 Å². The molecule has 2 aromatic rings. The second-order valence-corrected chi connectivity index (χ2v) is 4.57. The highest BCUT2D eigenvalue weighted by atomic mass is 16.5. The van der Waals surface area contributed by atoms with E-state index < -0.39 is 0 Å². The maximum atomic E-state index is 5.84. The number of nitrogens with zero attached hydrogens (tertiary/aromatic N) is 3. The van der Waals surface area contributed by atoms with Crippen molar-refractivity contribution in [1.82, 2.24) is 14.5 Å². The Bertz CT molecular complexity index is 543. The number of rotatable bonds is 1. The molecule has 2 aromatic heterocycles. The number of aromatic nitrogens is 3. The first kappa shape index (κ1) is 10.5. The van der Waals surface area contributed by atoms with Crippen LogP contribution in [-0.2, 0) is 11.8 Å².